The van der Waals surface area contributed by atoms with E-state index in [4.69, 9.17) is 15.2 Å². The summed E-state index contributed by atoms with van der Waals surface area (Å²) in [7, 11) is 3.20. The van der Waals surface area contributed by atoms with E-state index in [0.29, 0.717) is 23.0 Å². The van der Waals surface area contributed by atoms with Crippen molar-refractivity contribution in [3.63, 3.8) is 0 Å². The average Bonchev–Trinajstić information content (AvgIpc) is 2.43. The fourth-order valence-electron chi connectivity index (χ4n) is 1.72. The van der Waals surface area contributed by atoms with Gasteiger partial charge in [0.2, 0.25) is 0 Å². The Balaban J connectivity index is 2.31. The van der Waals surface area contributed by atoms with Gasteiger partial charge in [-0.15, -0.1) is 0 Å². The van der Waals surface area contributed by atoms with Crippen LogP contribution < -0.4 is 20.5 Å². The first-order chi connectivity index (χ1) is 9.15. The Morgan fingerprint density at radius 1 is 1.11 bits per heavy atom. The number of hydrogen-bond acceptors (Lipinski definition) is 5. The van der Waals surface area contributed by atoms with Gasteiger partial charge in [-0.2, -0.15) is 0 Å². The molecule has 5 nitrogen and oxygen atoms in total. The molecule has 0 radical (unpaired) electrons. The molecule has 0 aliphatic heterocycles. The van der Waals surface area contributed by atoms with Crippen LogP contribution in [0.3, 0.4) is 0 Å². The van der Waals surface area contributed by atoms with Crippen LogP contribution in [0.15, 0.2) is 30.5 Å². The van der Waals surface area contributed by atoms with E-state index < -0.39 is 0 Å². The summed E-state index contributed by atoms with van der Waals surface area (Å²) in [6.07, 6.45) is 1.72. The molecule has 0 saturated heterocycles. The van der Waals surface area contributed by atoms with Gasteiger partial charge in [0.25, 0.3) is 0 Å². The molecule has 100 valence electrons. The first-order valence-corrected chi connectivity index (χ1v) is 5.86. The topological polar surface area (TPSA) is 69.4 Å². The van der Waals surface area contributed by atoms with Gasteiger partial charge < -0.3 is 20.5 Å². The van der Waals surface area contributed by atoms with Gasteiger partial charge in [0, 0.05) is 18.0 Å². The van der Waals surface area contributed by atoms with Crippen molar-refractivity contribution in [3.05, 3.63) is 36.0 Å². The number of nitrogens with one attached hydrogen (secondary N) is 1. The summed E-state index contributed by atoms with van der Waals surface area (Å²) in [5, 5.41) is 3.17. The zero-order chi connectivity index (χ0) is 13.8. The maximum Gasteiger partial charge on any atom is 0.162 e. The first-order valence-electron chi connectivity index (χ1n) is 5.86. The van der Waals surface area contributed by atoms with Crippen molar-refractivity contribution in [2.75, 3.05) is 25.3 Å². The lowest BCUT2D eigenvalue weighted by Crippen LogP contribution is -2.01. The molecule has 0 aliphatic rings. The minimum atomic E-state index is 0.632. The number of nitrogens with zero attached hydrogens (tertiary/aromatic N) is 1. The van der Waals surface area contributed by atoms with Crippen LogP contribution in [0.2, 0.25) is 0 Å². The monoisotopic (exact) mass is 259 g/mol. The summed E-state index contributed by atoms with van der Waals surface area (Å²) in [5.74, 6) is 1.96. The van der Waals surface area contributed by atoms with Crippen molar-refractivity contribution < 1.29 is 9.47 Å². The molecule has 0 fully saturated rings. The minimum Gasteiger partial charge on any atom is -0.493 e. The lowest BCUT2D eigenvalue weighted by atomic mass is 10.2. The lowest BCUT2D eigenvalue weighted by molar-refractivity contribution is 0.355. The summed E-state index contributed by atoms with van der Waals surface area (Å²) in [4.78, 5) is 4.22. The van der Waals surface area contributed by atoms with Crippen LogP contribution in [-0.2, 0) is 0 Å². The van der Waals surface area contributed by atoms with Crippen LogP contribution in [-0.4, -0.2) is 19.2 Å². The van der Waals surface area contributed by atoms with Gasteiger partial charge >= 0.3 is 0 Å². The van der Waals surface area contributed by atoms with Crippen molar-refractivity contribution in [3.8, 4) is 11.5 Å². The lowest BCUT2D eigenvalue weighted by Gasteiger charge is -2.12. The zero-order valence-corrected chi connectivity index (χ0v) is 11.2. The van der Waals surface area contributed by atoms with Gasteiger partial charge in [0.05, 0.1) is 19.9 Å². The molecule has 1 aromatic heterocycles. The van der Waals surface area contributed by atoms with Crippen LogP contribution in [0.5, 0.6) is 11.5 Å². The molecular formula is C14H17N3O2. The van der Waals surface area contributed by atoms with Gasteiger partial charge in [-0.05, 0) is 30.7 Å². The van der Waals surface area contributed by atoms with E-state index in [0.717, 1.165) is 11.3 Å². The second-order valence-electron chi connectivity index (χ2n) is 4.08. The molecule has 1 aromatic carbocycles. The van der Waals surface area contributed by atoms with Crippen molar-refractivity contribution >= 4 is 17.2 Å². The Morgan fingerprint density at radius 3 is 2.53 bits per heavy atom. The predicted octanol–water partition coefficient (Wildman–Crippen LogP) is 2.73. The molecule has 2 aromatic rings. The fourth-order valence-corrected chi connectivity index (χ4v) is 1.72. The normalized spacial score (nSPS) is 10.1. The summed E-state index contributed by atoms with van der Waals surface area (Å²) in [6, 6.07) is 7.41. The molecule has 0 bridgehead atoms. The van der Waals surface area contributed by atoms with Crippen LogP contribution >= 0.6 is 0 Å². The third-order valence-corrected chi connectivity index (χ3v) is 2.85. The van der Waals surface area contributed by atoms with E-state index in [2.05, 4.69) is 10.3 Å². The van der Waals surface area contributed by atoms with Gasteiger partial charge in [-0.25, -0.2) is 4.98 Å². The molecule has 3 N–H and O–H groups in total. The molecule has 0 aliphatic carbocycles. The number of aryl methyl sites for hydroxylation is 1. The molecule has 1 heterocycles. The van der Waals surface area contributed by atoms with Crippen molar-refractivity contribution in [2.45, 2.75) is 6.92 Å². The number of pyridine rings is 1. The van der Waals surface area contributed by atoms with Crippen LogP contribution in [0.4, 0.5) is 17.2 Å². The number of aromatic nitrogens is 1. The third-order valence-electron chi connectivity index (χ3n) is 2.85. The van der Waals surface area contributed by atoms with Crippen LogP contribution in [0.25, 0.3) is 0 Å². The Kier molecular flexibility index (Phi) is 3.75. The SMILES string of the molecule is COc1ccc(Nc2nccc(C)c2N)cc1OC. The number of rotatable bonds is 4. The number of methoxy groups -OCH3 is 2. The number of nitrogen functional groups attached to an aromatic ring is 1. The molecule has 0 saturated carbocycles. The highest BCUT2D eigenvalue weighted by Gasteiger charge is 2.07. The van der Waals surface area contributed by atoms with E-state index >= 15 is 0 Å². The molecule has 19 heavy (non-hydrogen) atoms. The minimum absolute atomic E-state index is 0.632. The smallest absolute Gasteiger partial charge is 0.162 e. The highest BCUT2D eigenvalue weighted by Crippen LogP contribution is 2.32. The molecule has 0 spiro atoms. The highest BCUT2D eigenvalue weighted by atomic mass is 16.5. The van der Waals surface area contributed by atoms with Gasteiger partial charge in [-0.1, -0.05) is 0 Å². The molecule has 0 amide bonds. The number of hydrogen-bond donors (Lipinski definition) is 2. The largest absolute Gasteiger partial charge is 0.493 e. The van der Waals surface area contributed by atoms with Gasteiger partial charge in [0.15, 0.2) is 17.3 Å². The molecule has 0 unspecified atom stereocenters. The van der Waals surface area contributed by atoms with E-state index in [1.54, 1.807) is 20.4 Å². The quantitative estimate of drug-likeness (QED) is 0.883. The first kappa shape index (κ1) is 13.0. The number of anilines is 3. The standard InChI is InChI=1S/C14H17N3O2/c1-9-6-7-16-14(13(9)15)17-10-4-5-11(18-2)12(8-10)19-3/h4-8H,15H2,1-3H3,(H,16,17). The van der Waals surface area contributed by atoms with Crippen molar-refractivity contribution in [1.82, 2.24) is 4.98 Å². The maximum atomic E-state index is 5.98. The second kappa shape index (κ2) is 5.48. The van der Waals surface area contributed by atoms with E-state index in [9.17, 15) is 0 Å². The molecule has 0 atom stereocenters. The van der Waals surface area contributed by atoms with Gasteiger partial charge in [0.1, 0.15) is 0 Å². The Morgan fingerprint density at radius 2 is 1.84 bits per heavy atom. The third kappa shape index (κ3) is 2.70. The Hall–Kier alpha value is -2.43. The van der Waals surface area contributed by atoms with Crippen LogP contribution in [0.1, 0.15) is 5.56 Å². The van der Waals surface area contributed by atoms with E-state index in [1.165, 1.54) is 0 Å². The summed E-state index contributed by atoms with van der Waals surface area (Å²) in [6.45, 7) is 1.94. The molecule has 2 rings (SSSR count). The Bertz CT molecular complexity index is 585. The number of ether oxygens (including phenoxy) is 2. The van der Waals surface area contributed by atoms with E-state index in [-0.39, 0.29) is 0 Å². The van der Waals surface area contributed by atoms with Crippen LogP contribution in [0, 0.1) is 6.92 Å². The summed E-state index contributed by atoms with van der Waals surface area (Å²) < 4.78 is 10.4. The average molecular weight is 259 g/mol. The fraction of sp³-hybridized carbons (Fsp3) is 0.214. The summed E-state index contributed by atoms with van der Waals surface area (Å²) >= 11 is 0. The molecule has 5 heteroatoms. The highest BCUT2D eigenvalue weighted by molar-refractivity contribution is 5.72. The predicted molar refractivity (Wildman–Crippen MR) is 76.2 cm³/mol. The van der Waals surface area contributed by atoms with Gasteiger partial charge in [-0.3, -0.25) is 0 Å². The van der Waals surface area contributed by atoms with Crippen molar-refractivity contribution in [1.29, 1.82) is 0 Å². The van der Waals surface area contributed by atoms with Crippen molar-refractivity contribution in [2.24, 2.45) is 0 Å². The zero-order valence-electron chi connectivity index (χ0n) is 11.2. The number of nitrogens with two attached hydrogens (primary N) is 1. The second-order valence-corrected chi connectivity index (χ2v) is 4.08. The Labute approximate surface area is 112 Å². The maximum absolute atomic E-state index is 5.98. The van der Waals surface area contributed by atoms with E-state index in [1.807, 2.05) is 31.2 Å². The number of benzene rings is 1. The molecular weight excluding hydrogens is 242 g/mol. The summed E-state index contributed by atoms with van der Waals surface area (Å²) in [5.41, 5.74) is 8.43.